The molecule has 8 nitrogen and oxygen atoms in total. The standard InChI is InChI=1S/C22H25N3O5S2/c1-4-24(5-2)32(27,28)16-9-7-15(8-10-16)21(26)23-22-25(6-3)17-13-18-19(14-20(17)31-22)30-12-11-29-18/h7-10,13-14H,4-6,11-12H2,1-3H3. The monoisotopic (exact) mass is 475 g/mol. The van der Waals surface area contributed by atoms with Crippen LogP contribution in [0.25, 0.3) is 10.2 Å². The van der Waals surface area contributed by atoms with E-state index < -0.39 is 15.9 Å². The SMILES string of the molecule is CCN(CC)S(=O)(=O)c1ccc(C(=O)N=c2sc3cc4c(cc3n2CC)OCCO4)cc1. The van der Waals surface area contributed by atoms with Crippen LogP contribution in [0.4, 0.5) is 0 Å². The predicted molar refractivity (Wildman–Crippen MR) is 123 cm³/mol. The Hall–Kier alpha value is -2.69. The van der Waals surface area contributed by atoms with Crippen LogP contribution in [0.3, 0.4) is 0 Å². The number of ether oxygens (including phenoxy) is 2. The van der Waals surface area contributed by atoms with Crippen LogP contribution >= 0.6 is 11.3 Å². The van der Waals surface area contributed by atoms with Gasteiger partial charge in [-0.05, 0) is 31.2 Å². The van der Waals surface area contributed by atoms with Gasteiger partial charge in [0, 0.05) is 37.3 Å². The second kappa shape index (κ2) is 9.05. The molecule has 4 rings (SSSR count). The molecule has 2 heterocycles. The van der Waals surface area contributed by atoms with Gasteiger partial charge in [0.25, 0.3) is 5.91 Å². The zero-order valence-corrected chi connectivity index (χ0v) is 19.8. The van der Waals surface area contributed by atoms with Crippen LogP contribution in [0.15, 0.2) is 46.3 Å². The van der Waals surface area contributed by atoms with Gasteiger partial charge >= 0.3 is 0 Å². The third-order valence-corrected chi connectivity index (χ3v) is 8.41. The molecule has 1 amide bonds. The van der Waals surface area contributed by atoms with Gasteiger partial charge in [0.15, 0.2) is 16.3 Å². The number of thiazole rings is 1. The summed E-state index contributed by atoms with van der Waals surface area (Å²) in [6.45, 7) is 7.99. The maximum absolute atomic E-state index is 12.8. The Labute approximate surface area is 190 Å². The molecular weight excluding hydrogens is 450 g/mol. The quantitative estimate of drug-likeness (QED) is 0.546. The molecule has 1 aliphatic heterocycles. The highest BCUT2D eigenvalue weighted by Crippen LogP contribution is 2.35. The molecule has 0 saturated carbocycles. The van der Waals surface area contributed by atoms with E-state index in [-0.39, 0.29) is 4.90 Å². The number of aryl methyl sites for hydroxylation is 1. The number of carbonyl (C=O) groups is 1. The largest absolute Gasteiger partial charge is 0.486 e. The topological polar surface area (TPSA) is 90.2 Å². The lowest BCUT2D eigenvalue weighted by molar-refractivity contribution is 0.0997. The third kappa shape index (κ3) is 4.05. The lowest BCUT2D eigenvalue weighted by Gasteiger charge is -2.18. The van der Waals surface area contributed by atoms with Gasteiger partial charge in [-0.1, -0.05) is 25.2 Å². The van der Waals surface area contributed by atoms with Gasteiger partial charge in [0.1, 0.15) is 13.2 Å². The number of benzene rings is 2. The van der Waals surface area contributed by atoms with Crippen molar-refractivity contribution < 1.29 is 22.7 Å². The number of rotatable bonds is 6. The number of sulfonamides is 1. The van der Waals surface area contributed by atoms with E-state index in [1.54, 1.807) is 13.8 Å². The van der Waals surface area contributed by atoms with Crippen molar-refractivity contribution in [3.05, 3.63) is 46.8 Å². The zero-order chi connectivity index (χ0) is 22.9. The number of nitrogens with zero attached hydrogens (tertiary/aromatic N) is 3. The predicted octanol–water partition coefficient (Wildman–Crippen LogP) is 3.27. The van der Waals surface area contributed by atoms with E-state index >= 15 is 0 Å². The normalized spacial score (nSPS) is 14.3. The number of hydrogen-bond acceptors (Lipinski definition) is 6. The Morgan fingerprint density at radius 2 is 1.69 bits per heavy atom. The lowest BCUT2D eigenvalue weighted by Crippen LogP contribution is -2.30. The summed E-state index contributed by atoms with van der Waals surface area (Å²) in [5.41, 5.74) is 1.25. The molecule has 2 aromatic carbocycles. The Bertz CT molecular complexity index is 1320. The Morgan fingerprint density at radius 1 is 1.06 bits per heavy atom. The molecule has 0 radical (unpaired) electrons. The van der Waals surface area contributed by atoms with Crippen molar-refractivity contribution in [2.75, 3.05) is 26.3 Å². The van der Waals surface area contributed by atoms with Crippen molar-refractivity contribution in [1.82, 2.24) is 8.87 Å². The van der Waals surface area contributed by atoms with Crippen LogP contribution in [0.1, 0.15) is 31.1 Å². The Kier molecular flexibility index (Phi) is 6.36. The first-order valence-corrected chi connectivity index (χ1v) is 12.8. The summed E-state index contributed by atoms with van der Waals surface area (Å²) in [4.78, 5) is 17.9. The molecule has 0 fully saturated rings. The second-order valence-electron chi connectivity index (χ2n) is 7.12. The molecule has 0 atom stereocenters. The summed E-state index contributed by atoms with van der Waals surface area (Å²) in [5.74, 6) is 0.950. The molecule has 0 aliphatic carbocycles. The average molecular weight is 476 g/mol. The summed E-state index contributed by atoms with van der Waals surface area (Å²) >= 11 is 1.40. The molecule has 170 valence electrons. The van der Waals surface area contributed by atoms with Gasteiger partial charge in [-0.3, -0.25) is 4.79 Å². The van der Waals surface area contributed by atoms with Crippen LogP contribution in [0, 0.1) is 0 Å². The minimum absolute atomic E-state index is 0.161. The van der Waals surface area contributed by atoms with Gasteiger partial charge in [0.2, 0.25) is 10.0 Å². The highest BCUT2D eigenvalue weighted by Gasteiger charge is 2.22. The molecule has 0 N–H and O–H groups in total. The average Bonchev–Trinajstić information content (AvgIpc) is 3.13. The minimum atomic E-state index is -3.57. The first kappa shape index (κ1) is 22.5. The number of hydrogen-bond donors (Lipinski definition) is 0. The van der Waals surface area contributed by atoms with Crippen LogP contribution < -0.4 is 14.3 Å². The fourth-order valence-electron chi connectivity index (χ4n) is 3.63. The maximum atomic E-state index is 12.8. The summed E-state index contributed by atoms with van der Waals surface area (Å²) in [5, 5.41) is 0. The summed E-state index contributed by atoms with van der Waals surface area (Å²) in [6, 6.07) is 9.76. The Balaban J connectivity index is 1.69. The van der Waals surface area contributed by atoms with Crippen molar-refractivity contribution in [2.24, 2.45) is 4.99 Å². The van der Waals surface area contributed by atoms with Crippen molar-refractivity contribution in [2.45, 2.75) is 32.2 Å². The summed E-state index contributed by atoms with van der Waals surface area (Å²) in [7, 11) is -3.57. The van der Waals surface area contributed by atoms with Crippen molar-refractivity contribution in [1.29, 1.82) is 0 Å². The summed E-state index contributed by atoms with van der Waals surface area (Å²) in [6.07, 6.45) is 0. The van der Waals surface area contributed by atoms with Gasteiger partial charge in [-0.2, -0.15) is 9.30 Å². The second-order valence-corrected chi connectivity index (χ2v) is 10.1. The summed E-state index contributed by atoms with van der Waals surface area (Å²) < 4.78 is 40.9. The van der Waals surface area contributed by atoms with E-state index in [1.807, 2.05) is 23.6 Å². The van der Waals surface area contributed by atoms with E-state index in [1.165, 1.54) is 39.9 Å². The highest BCUT2D eigenvalue weighted by atomic mass is 32.2. The Morgan fingerprint density at radius 3 is 2.28 bits per heavy atom. The van der Waals surface area contributed by atoms with Gasteiger partial charge < -0.3 is 14.0 Å². The molecule has 32 heavy (non-hydrogen) atoms. The van der Waals surface area contributed by atoms with Crippen molar-refractivity contribution in [3.63, 3.8) is 0 Å². The van der Waals surface area contributed by atoms with E-state index in [9.17, 15) is 13.2 Å². The number of fused-ring (bicyclic) bond motifs is 2. The van der Waals surface area contributed by atoms with Crippen LogP contribution in [0.2, 0.25) is 0 Å². The van der Waals surface area contributed by atoms with Crippen molar-refractivity contribution in [3.8, 4) is 11.5 Å². The van der Waals surface area contributed by atoms with Gasteiger partial charge in [0.05, 0.1) is 15.1 Å². The number of carbonyl (C=O) groups excluding carboxylic acids is 1. The molecule has 0 saturated heterocycles. The lowest BCUT2D eigenvalue weighted by atomic mass is 10.2. The first-order valence-electron chi connectivity index (χ1n) is 10.5. The molecule has 1 aliphatic rings. The van der Waals surface area contributed by atoms with Crippen LogP contribution in [-0.4, -0.2) is 49.5 Å². The van der Waals surface area contributed by atoms with Gasteiger partial charge in [-0.25, -0.2) is 8.42 Å². The molecule has 1 aromatic heterocycles. The molecule has 0 unspecified atom stereocenters. The van der Waals surface area contributed by atoms with E-state index in [0.29, 0.717) is 54.7 Å². The maximum Gasteiger partial charge on any atom is 0.279 e. The molecule has 0 bridgehead atoms. The van der Waals surface area contributed by atoms with Crippen molar-refractivity contribution >= 4 is 37.5 Å². The molecule has 0 spiro atoms. The smallest absolute Gasteiger partial charge is 0.279 e. The highest BCUT2D eigenvalue weighted by molar-refractivity contribution is 7.89. The third-order valence-electron chi connectivity index (χ3n) is 5.30. The minimum Gasteiger partial charge on any atom is -0.486 e. The van der Waals surface area contributed by atoms with Gasteiger partial charge in [-0.15, -0.1) is 0 Å². The fraction of sp³-hybridized carbons (Fsp3) is 0.364. The fourth-order valence-corrected chi connectivity index (χ4v) is 6.19. The number of amides is 1. The van der Waals surface area contributed by atoms with E-state index in [0.717, 1.165) is 10.2 Å². The first-order chi connectivity index (χ1) is 15.4. The van der Waals surface area contributed by atoms with Crippen LogP contribution in [-0.2, 0) is 16.6 Å². The van der Waals surface area contributed by atoms with E-state index in [4.69, 9.17) is 9.47 Å². The molecular formula is C22H25N3O5S2. The number of aromatic nitrogens is 1. The van der Waals surface area contributed by atoms with E-state index in [2.05, 4.69) is 4.99 Å². The zero-order valence-electron chi connectivity index (χ0n) is 18.2. The van der Waals surface area contributed by atoms with Crippen LogP contribution in [0.5, 0.6) is 11.5 Å². The molecule has 10 heteroatoms. The molecule has 3 aromatic rings.